The third-order valence-electron chi connectivity index (χ3n) is 4.29. The van der Waals surface area contributed by atoms with E-state index in [4.69, 9.17) is 0 Å². The number of rotatable bonds is 5. The summed E-state index contributed by atoms with van der Waals surface area (Å²) in [7, 11) is 0. The molecule has 0 aliphatic carbocycles. The summed E-state index contributed by atoms with van der Waals surface area (Å²) in [6.45, 7) is 6.18. The lowest BCUT2D eigenvalue weighted by molar-refractivity contribution is -0.115. The number of nitrogens with zero attached hydrogens (tertiary/aromatic N) is 1. The van der Waals surface area contributed by atoms with Crippen LogP contribution in [0.1, 0.15) is 42.4 Å². The van der Waals surface area contributed by atoms with Crippen LogP contribution in [0.25, 0.3) is 0 Å². The summed E-state index contributed by atoms with van der Waals surface area (Å²) in [5, 5.41) is 17.7. The molecule has 1 aromatic heterocycles. The normalized spacial score (nSPS) is 11.1. The SMILES string of the molecule is CC(C)(C)c1ccc(O)c(NC(=O)Cc2csc(NC(=O)c3ccccc3)n2)c1. The van der Waals surface area contributed by atoms with Gasteiger partial charge in [-0.2, -0.15) is 0 Å². The maximum Gasteiger partial charge on any atom is 0.257 e. The Balaban J connectivity index is 1.63. The van der Waals surface area contributed by atoms with Crippen molar-refractivity contribution in [3.63, 3.8) is 0 Å². The predicted octanol–water partition coefficient (Wildman–Crippen LogP) is 4.58. The summed E-state index contributed by atoms with van der Waals surface area (Å²) >= 11 is 1.26. The molecular formula is C22H23N3O3S. The van der Waals surface area contributed by atoms with Gasteiger partial charge in [0.25, 0.3) is 5.91 Å². The van der Waals surface area contributed by atoms with E-state index < -0.39 is 0 Å². The van der Waals surface area contributed by atoms with E-state index in [1.807, 2.05) is 12.1 Å². The number of phenolic OH excluding ortho intramolecular Hbond substituents is 1. The van der Waals surface area contributed by atoms with Gasteiger partial charge in [-0.25, -0.2) is 4.98 Å². The van der Waals surface area contributed by atoms with E-state index in [0.29, 0.717) is 22.1 Å². The summed E-state index contributed by atoms with van der Waals surface area (Å²) in [5.41, 5.74) is 2.35. The van der Waals surface area contributed by atoms with Crippen LogP contribution in [-0.2, 0) is 16.6 Å². The number of aromatic nitrogens is 1. The number of hydrogen-bond donors (Lipinski definition) is 3. The lowest BCUT2D eigenvalue weighted by atomic mass is 9.87. The number of carbonyl (C=O) groups excluding carboxylic acids is 2. The molecule has 7 heteroatoms. The number of hydrogen-bond acceptors (Lipinski definition) is 5. The fourth-order valence-electron chi connectivity index (χ4n) is 2.67. The molecule has 0 spiro atoms. The van der Waals surface area contributed by atoms with Crippen molar-refractivity contribution < 1.29 is 14.7 Å². The second-order valence-corrected chi connectivity index (χ2v) is 8.53. The molecule has 6 nitrogen and oxygen atoms in total. The molecule has 0 aliphatic heterocycles. The second-order valence-electron chi connectivity index (χ2n) is 7.67. The molecule has 0 unspecified atom stereocenters. The van der Waals surface area contributed by atoms with Gasteiger partial charge in [0.1, 0.15) is 5.75 Å². The van der Waals surface area contributed by atoms with E-state index in [2.05, 4.69) is 36.4 Å². The van der Waals surface area contributed by atoms with Crippen molar-refractivity contribution in [1.82, 2.24) is 4.98 Å². The van der Waals surface area contributed by atoms with Crippen LogP contribution in [0.4, 0.5) is 10.8 Å². The van der Waals surface area contributed by atoms with Gasteiger partial charge in [0.05, 0.1) is 17.8 Å². The summed E-state index contributed by atoms with van der Waals surface area (Å²) in [6, 6.07) is 14.0. The number of phenols is 1. The van der Waals surface area contributed by atoms with Crippen LogP contribution in [0.2, 0.25) is 0 Å². The lowest BCUT2D eigenvalue weighted by Crippen LogP contribution is -2.17. The molecule has 1 heterocycles. The highest BCUT2D eigenvalue weighted by Crippen LogP contribution is 2.30. The molecule has 2 amide bonds. The largest absolute Gasteiger partial charge is 0.506 e. The number of carbonyl (C=O) groups is 2. The molecule has 29 heavy (non-hydrogen) atoms. The van der Waals surface area contributed by atoms with Gasteiger partial charge in [-0.05, 0) is 35.2 Å². The molecule has 3 N–H and O–H groups in total. The first-order valence-electron chi connectivity index (χ1n) is 9.16. The van der Waals surface area contributed by atoms with Gasteiger partial charge < -0.3 is 10.4 Å². The van der Waals surface area contributed by atoms with Crippen LogP contribution in [-0.4, -0.2) is 21.9 Å². The van der Waals surface area contributed by atoms with Gasteiger partial charge in [0.2, 0.25) is 5.91 Å². The van der Waals surface area contributed by atoms with Crippen LogP contribution in [0.15, 0.2) is 53.9 Å². The average molecular weight is 410 g/mol. The van der Waals surface area contributed by atoms with Crippen molar-refractivity contribution in [2.45, 2.75) is 32.6 Å². The Bertz CT molecular complexity index is 1020. The summed E-state index contributed by atoms with van der Waals surface area (Å²) < 4.78 is 0. The number of nitrogens with one attached hydrogen (secondary N) is 2. The third kappa shape index (κ3) is 5.42. The monoisotopic (exact) mass is 409 g/mol. The number of anilines is 2. The van der Waals surface area contributed by atoms with E-state index in [9.17, 15) is 14.7 Å². The van der Waals surface area contributed by atoms with Gasteiger partial charge in [0.15, 0.2) is 5.13 Å². The highest BCUT2D eigenvalue weighted by Gasteiger charge is 2.17. The molecule has 3 aromatic rings. The molecule has 0 radical (unpaired) electrons. The maximum absolute atomic E-state index is 12.4. The zero-order chi connectivity index (χ0) is 21.0. The molecule has 0 atom stereocenters. The lowest BCUT2D eigenvalue weighted by Gasteiger charge is -2.20. The molecule has 3 rings (SSSR count). The molecule has 0 saturated carbocycles. The van der Waals surface area contributed by atoms with Crippen molar-refractivity contribution in [2.24, 2.45) is 0 Å². The highest BCUT2D eigenvalue weighted by molar-refractivity contribution is 7.14. The molecule has 0 bridgehead atoms. The number of aromatic hydroxyl groups is 1. The maximum atomic E-state index is 12.4. The van der Waals surface area contributed by atoms with E-state index in [-0.39, 0.29) is 29.4 Å². The van der Waals surface area contributed by atoms with Crippen molar-refractivity contribution in [3.05, 3.63) is 70.7 Å². The number of thiazole rings is 1. The van der Waals surface area contributed by atoms with Crippen molar-refractivity contribution >= 4 is 34.0 Å². The van der Waals surface area contributed by atoms with Crippen molar-refractivity contribution in [1.29, 1.82) is 0 Å². The number of amides is 2. The minimum absolute atomic E-state index is 0.0143. The second kappa shape index (κ2) is 8.45. The van der Waals surface area contributed by atoms with E-state index in [1.54, 1.807) is 41.8 Å². The highest BCUT2D eigenvalue weighted by atomic mass is 32.1. The zero-order valence-electron chi connectivity index (χ0n) is 16.5. The molecule has 0 aliphatic rings. The first-order valence-corrected chi connectivity index (χ1v) is 10.0. The smallest absolute Gasteiger partial charge is 0.257 e. The third-order valence-corrected chi connectivity index (χ3v) is 5.09. The van der Waals surface area contributed by atoms with E-state index >= 15 is 0 Å². The Kier molecular flexibility index (Phi) is 5.98. The van der Waals surface area contributed by atoms with Gasteiger partial charge in [-0.3, -0.25) is 14.9 Å². The fraction of sp³-hybridized carbons (Fsp3) is 0.227. The Hall–Kier alpha value is -3.19. The molecule has 0 saturated heterocycles. The van der Waals surface area contributed by atoms with Gasteiger partial charge >= 0.3 is 0 Å². The topological polar surface area (TPSA) is 91.3 Å². The van der Waals surface area contributed by atoms with Crippen molar-refractivity contribution in [2.75, 3.05) is 10.6 Å². The number of benzene rings is 2. The molecule has 0 fully saturated rings. The summed E-state index contributed by atoms with van der Waals surface area (Å²) in [4.78, 5) is 28.9. The molecule has 2 aromatic carbocycles. The molecule has 150 valence electrons. The van der Waals surface area contributed by atoms with Crippen LogP contribution in [0, 0.1) is 0 Å². The van der Waals surface area contributed by atoms with Gasteiger partial charge in [-0.1, -0.05) is 45.0 Å². The Morgan fingerprint density at radius 1 is 1.07 bits per heavy atom. The fourth-order valence-corrected chi connectivity index (χ4v) is 3.37. The van der Waals surface area contributed by atoms with E-state index in [0.717, 1.165) is 5.56 Å². The molecular weight excluding hydrogens is 386 g/mol. The standard InChI is InChI=1S/C22H23N3O3S/c1-22(2,3)15-9-10-18(26)17(11-15)24-19(27)12-16-13-29-21(23-16)25-20(28)14-7-5-4-6-8-14/h4-11,13,26H,12H2,1-3H3,(H,24,27)(H,23,25,28). The summed E-state index contributed by atoms with van der Waals surface area (Å²) in [5.74, 6) is -0.530. The predicted molar refractivity (Wildman–Crippen MR) is 116 cm³/mol. The minimum atomic E-state index is -0.294. The first-order chi connectivity index (χ1) is 13.7. The van der Waals surface area contributed by atoms with Gasteiger partial charge in [0, 0.05) is 10.9 Å². The van der Waals surface area contributed by atoms with Crippen LogP contribution in [0.5, 0.6) is 5.75 Å². The Labute approximate surface area is 173 Å². The minimum Gasteiger partial charge on any atom is -0.506 e. The summed E-state index contributed by atoms with van der Waals surface area (Å²) in [6.07, 6.45) is 0.0386. The Morgan fingerprint density at radius 2 is 1.79 bits per heavy atom. The zero-order valence-corrected chi connectivity index (χ0v) is 17.3. The van der Waals surface area contributed by atoms with Crippen molar-refractivity contribution in [3.8, 4) is 5.75 Å². The Morgan fingerprint density at radius 3 is 2.48 bits per heavy atom. The van der Waals surface area contributed by atoms with Gasteiger partial charge in [-0.15, -0.1) is 11.3 Å². The quantitative estimate of drug-likeness (QED) is 0.538. The van der Waals surface area contributed by atoms with Crippen LogP contribution < -0.4 is 10.6 Å². The first kappa shape index (κ1) is 20.5. The average Bonchev–Trinajstić information content (AvgIpc) is 3.10. The van der Waals surface area contributed by atoms with E-state index in [1.165, 1.54) is 11.3 Å². The van der Waals surface area contributed by atoms with Crippen LogP contribution in [0.3, 0.4) is 0 Å². The van der Waals surface area contributed by atoms with Crippen LogP contribution >= 0.6 is 11.3 Å².